The number of anilines is 1. The Kier molecular flexibility index (Phi) is 7.25. The van der Waals surface area contributed by atoms with E-state index in [1.54, 1.807) is 12.1 Å². The van der Waals surface area contributed by atoms with E-state index in [1.165, 1.54) is 32.4 Å². The first kappa shape index (κ1) is 21.8. The molecule has 7 nitrogen and oxygen atoms in total. The maximum Gasteiger partial charge on any atom is 0.337 e. The second-order valence-electron chi connectivity index (χ2n) is 6.55. The molecule has 0 heterocycles. The molecule has 0 radical (unpaired) electrons. The van der Waals surface area contributed by atoms with Crippen molar-refractivity contribution in [1.82, 2.24) is 0 Å². The van der Waals surface area contributed by atoms with Crippen molar-refractivity contribution in [1.29, 1.82) is 0 Å². The van der Waals surface area contributed by atoms with Gasteiger partial charge in [-0.2, -0.15) is 0 Å². The lowest BCUT2D eigenvalue weighted by Gasteiger charge is -2.10. The number of carbonyl (C=O) groups is 4. The minimum Gasteiger partial charge on any atom is -0.465 e. The van der Waals surface area contributed by atoms with Gasteiger partial charge in [0.05, 0.1) is 25.3 Å². The first-order valence-electron chi connectivity index (χ1n) is 8.97. The van der Waals surface area contributed by atoms with Gasteiger partial charge in [-0.25, -0.2) is 9.59 Å². The summed E-state index contributed by atoms with van der Waals surface area (Å²) in [7, 11) is 2.42. The van der Waals surface area contributed by atoms with E-state index in [9.17, 15) is 19.2 Å². The molecule has 1 N–H and O–H groups in total. The topological polar surface area (TPSA) is 98.8 Å². The van der Waals surface area contributed by atoms with Crippen LogP contribution in [0.15, 0.2) is 36.4 Å². The van der Waals surface area contributed by atoms with Crippen LogP contribution < -0.4 is 5.32 Å². The molecule has 0 saturated heterocycles. The standard InChI is InChI=1S/C22H23NO6/c1-13-5-6-15(9-14(13)2)19(24)7-8-20(25)23-18-11-16(21(26)28-3)10-17(12-18)22(27)29-4/h5-6,9-12H,7-8H2,1-4H3,(H,23,25). The Hall–Kier alpha value is -3.48. The molecule has 2 aromatic carbocycles. The fraction of sp³-hybridized carbons (Fsp3) is 0.273. The smallest absolute Gasteiger partial charge is 0.337 e. The summed E-state index contributed by atoms with van der Waals surface area (Å²) >= 11 is 0. The number of aryl methyl sites for hydroxylation is 2. The molecule has 0 spiro atoms. The van der Waals surface area contributed by atoms with E-state index in [2.05, 4.69) is 14.8 Å². The van der Waals surface area contributed by atoms with Gasteiger partial charge in [0.2, 0.25) is 5.91 Å². The van der Waals surface area contributed by atoms with Crippen molar-refractivity contribution in [2.24, 2.45) is 0 Å². The molecule has 1 amide bonds. The van der Waals surface area contributed by atoms with Gasteiger partial charge in [0.15, 0.2) is 5.78 Å². The normalized spacial score (nSPS) is 10.2. The number of amides is 1. The average molecular weight is 397 g/mol. The molecule has 0 aliphatic carbocycles. The zero-order chi connectivity index (χ0) is 21.6. The van der Waals surface area contributed by atoms with Crippen LogP contribution in [0.3, 0.4) is 0 Å². The highest BCUT2D eigenvalue weighted by atomic mass is 16.5. The Morgan fingerprint density at radius 2 is 1.34 bits per heavy atom. The van der Waals surface area contributed by atoms with Gasteiger partial charge in [-0.15, -0.1) is 0 Å². The van der Waals surface area contributed by atoms with E-state index in [4.69, 9.17) is 0 Å². The molecule has 0 aromatic heterocycles. The summed E-state index contributed by atoms with van der Waals surface area (Å²) in [4.78, 5) is 48.2. The van der Waals surface area contributed by atoms with Crippen molar-refractivity contribution >= 4 is 29.3 Å². The Balaban J connectivity index is 2.09. The minimum atomic E-state index is -0.656. The Labute approximate surface area is 169 Å². The van der Waals surface area contributed by atoms with Gasteiger partial charge in [0.1, 0.15) is 0 Å². The number of hydrogen-bond donors (Lipinski definition) is 1. The summed E-state index contributed by atoms with van der Waals surface area (Å²) in [5.41, 5.74) is 3.08. The first-order chi connectivity index (χ1) is 13.7. The van der Waals surface area contributed by atoms with E-state index < -0.39 is 17.8 Å². The summed E-state index contributed by atoms with van der Waals surface area (Å²) in [6.07, 6.45) is -0.00332. The number of ether oxygens (including phenoxy) is 2. The molecule has 7 heteroatoms. The molecule has 0 aliphatic rings. The SMILES string of the molecule is COC(=O)c1cc(NC(=O)CCC(=O)c2ccc(C)c(C)c2)cc(C(=O)OC)c1. The first-order valence-corrected chi connectivity index (χ1v) is 8.97. The number of methoxy groups -OCH3 is 2. The molecule has 0 fully saturated rings. The highest BCUT2D eigenvalue weighted by molar-refractivity contribution is 6.02. The van der Waals surface area contributed by atoms with E-state index in [0.717, 1.165) is 11.1 Å². The molecular formula is C22H23NO6. The van der Waals surface area contributed by atoms with Crippen molar-refractivity contribution in [3.8, 4) is 0 Å². The number of ketones is 1. The fourth-order valence-corrected chi connectivity index (χ4v) is 2.68. The minimum absolute atomic E-state index is 0.0366. The van der Waals surface area contributed by atoms with E-state index in [1.807, 2.05) is 19.9 Å². The van der Waals surface area contributed by atoms with Crippen LogP contribution in [0, 0.1) is 13.8 Å². The molecule has 29 heavy (non-hydrogen) atoms. The summed E-state index contributed by atoms with van der Waals surface area (Å²) in [5, 5.41) is 2.60. The Bertz CT molecular complexity index is 930. The predicted molar refractivity (Wildman–Crippen MR) is 107 cm³/mol. The van der Waals surface area contributed by atoms with Crippen LogP contribution in [0.25, 0.3) is 0 Å². The van der Waals surface area contributed by atoms with Crippen LogP contribution in [0.5, 0.6) is 0 Å². The zero-order valence-corrected chi connectivity index (χ0v) is 16.8. The van der Waals surface area contributed by atoms with Crippen molar-refractivity contribution in [3.63, 3.8) is 0 Å². The van der Waals surface area contributed by atoms with Gasteiger partial charge >= 0.3 is 11.9 Å². The van der Waals surface area contributed by atoms with Gasteiger partial charge in [-0.1, -0.05) is 12.1 Å². The Morgan fingerprint density at radius 3 is 1.86 bits per heavy atom. The monoisotopic (exact) mass is 397 g/mol. The summed E-state index contributed by atoms with van der Waals surface area (Å²) in [6, 6.07) is 9.51. The van der Waals surface area contributed by atoms with E-state index in [-0.39, 0.29) is 35.4 Å². The number of Topliss-reactive ketones (excluding diaryl/α,β-unsaturated/α-hetero) is 1. The summed E-state index contributed by atoms with van der Waals surface area (Å²) in [5.74, 6) is -1.87. The Morgan fingerprint density at radius 1 is 0.759 bits per heavy atom. The second-order valence-corrected chi connectivity index (χ2v) is 6.55. The van der Waals surface area contributed by atoms with E-state index in [0.29, 0.717) is 5.56 Å². The fourth-order valence-electron chi connectivity index (χ4n) is 2.68. The third-order valence-electron chi connectivity index (χ3n) is 4.47. The number of hydrogen-bond acceptors (Lipinski definition) is 6. The second kappa shape index (κ2) is 9.64. The maximum atomic E-state index is 12.3. The molecule has 0 saturated carbocycles. The molecule has 2 rings (SSSR count). The van der Waals surface area contributed by atoms with Gasteiger partial charge < -0.3 is 14.8 Å². The van der Waals surface area contributed by atoms with Crippen molar-refractivity contribution in [3.05, 3.63) is 64.2 Å². The van der Waals surface area contributed by atoms with Gasteiger partial charge in [-0.05, 0) is 49.2 Å². The van der Waals surface area contributed by atoms with Crippen molar-refractivity contribution in [2.75, 3.05) is 19.5 Å². The van der Waals surface area contributed by atoms with Crippen LogP contribution in [0.1, 0.15) is 55.0 Å². The van der Waals surface area contributed by atoms with Crippen LogP contribution in [0.2, 0.25) is 0 Å². The number of rotatable bonds is 7. The van der Waals surface area contributed by atoms with Crippen molar-refractivity contribution < 1.29 is 28.7 Å². The molecule has 0 aliphatic heterocycles. The van der Waals surface area contributed by atoms with Gasteiger partial charge in [-0.3, -0.25) is 9.59 Å². The molecule has 0 bridgehead atoms. The van der Waals surface area contributed by atoms with Gasteiger partial charge in [0, 0.05) is 24.1 Å². The highest BCUT2D eigenvalue weighted by Gasteiger charge is 2.16. The number of esters is 2. The van der Waals surface area contributed by atoms with Crippen LogP contribution in [-0.4, -0.2) is 37.8 Å². The third kappa shape index (κ3) is 5.75. The lowest BCUT2D eigenvalue weighted by Crippen LogP contribution is -2.15. The highest BCUT2D eigenvalue weighted by Crippen LogP contribution is 2.18. The molecule has 0 atom stereocenters. The molecule has 0 unspecified atom stereocenters. The quantitative estimate of drug-likeness (QED) is 0.567. The molecule has 2 aromatic rings. The maximum absolute atomic E-state index is 12.3. The van der Waals surface area contributed by atoms with Crippen LogP contribution in [-0.2, 0) is 14.3 Å². The van der Waals surface area contributed by atoms with E-state index >= 15 is 0 Å². The van der Waals surface area contributed by atoms with Crippen molar-refractivity contribution in [2.45, 2.75) is 26.7 Å². The number of benzene rings is 2. The molecular weight excluding hydrogens is 374 g/mol. The van der Waals surface area contributed by atoms with Crippen LogP contribution >= 0.6 is 0 Å². The molecule has 152 valence electrons. The largest absolute Gasteiger partial charge is 0.465 e. The van der Waals surface area contributed by atoms with Crippen LogP contribution in [0.4, 0.5) is 5.69 Å². The lowest BCUT2D eigenvalue weighted by atomic mass is 10.0. The zero-order valence-electron chi connectivity index (χ0n) is 16.8. The lowest BCUT2D eigenvalue weighted by molar-refractivity contribution is -0.116. The summed E-state index contributed by atoms with van der Waals surface area (Å²) in [6.45, 7) is 3.88. The van der Waals surface area contributed by atoms with Gasteiger partial charge in [0.25, 0.3) is 0 Å². The third-order valence-corrected chi connectivity index (χ3v) is 4.47. The number of nitrogens with one attached hydrogen (secondary N) is 1. The predicted octanol–water partition coefficient (Wildman–Crippen LogP) is 3.48. The number of carbonyl (C=O) groups excluding carboxylic acids is 4. The summed E-state index contributed by atoms with van der Waals surface area (Å²) < 4.78 is 9.32. The average Bonchev–Trinajstić information content (AvgIpc) is 2.72.